The van der Waals surface area contributed by atoms with Crippen LogP contribution < -0.4 is 9.67 Å². The molecule has 0 radical (unpaired) electrons. The van der Waals surface area contributed by atoms with Gasteiger partial charge in [0.2, 0.25) is 0 Å². The summed E-state index contributed by atoms with van der Waals surface area (Å²) >= 11 is 10.5. The molecule has 1 rings (SSSR count). The molecule has 0 amide bonds. The first-order chi connectivity index (χ1) is 5.69. The Morgan fingerprint density at radius 2 is 1.25 bits per heavy atom. The number of phenols is 2. The summed E-state index contributed by atoms with van der Waals surface area (Å²) < 4.78 is 0. The maximum atomic E-state index is 9.19. The van der Waals surface area contributed by atoms with Crippen molar-refractivity contribution in [1.82, 2.24) is 0 Å². The van der Waals surface area contributed by atoms with Crippen molar-refractivity contribution in [3.8, 4) is 11.5 Å². The molecule has 0 saturated carbocycles. The zero-order valence-electron chi connectivity index (χ0n) is 5.81. The summed E-state index contributed by atoms with van der Waals surface area (Å²) in [4.78, 5) is 4.36. The van der Waals surface area contributed by atoms with Crippen molar-refractivity contribution < 1.29 is 10.2 Å². The van der Waals surface area contributed by atoms with Crippen molar-refractivity contribution >= 4 is 34.9 Å². The number of benzene rings is 1. The van der Waals surface area contributed by atoms with Crippen LogP contribution in [0.15, 0.2) is 12.1 Å². The van der Waals surface area contributed by atoms with Crippen molar-refractivity contribution in [2.24, 2.45) is 0 Å². The van der Waals surface area contributed by atoms with Crippen LogP contribution in [-0.2, 0) is 0 Å². The zero-order chi connectivity index (χ0) is 9.14. The van der Waals surface area contributed by atoms with Crippen LogP contribution in [0, 0.1) is 0 Å². The fourth-order valence-corrected chi connectivity index (χ4v) is 1.03. The molecule has 0 aliphatic carbocycles. The van der Waals surface area contributed by atoms with E-state index < -0.39 is 0 Å². The standard InChI is InChI=1S/C6H6Cl2N2O2/c7-9-3-1-5(11)4(10-8)2-6(3)12/h1-2,9-12H. The predicted octanol–water partition coefficient (Wildman–Crippen LogP) is 2.23. The lowest BCUT2D eigenvalue weighted by molar-refractivity contribution is 0.465. The highest BCUT2D eigenvalue weighted by atomic mass is 35.5. The molecule has 0 spiro atoms. The van der Waals surface area contributed by atoms with Crippen molar-refractivity contribution in [2.45, 2.75) is 0 Å². The van der Waals surface area contributed by atoms with Gasteiger partial charge in [0.1, 0.15) is 11.5 Å². The van der Waals surface area contributed by atoms with E-state index in [1.54, 1.807) is 0 Å². The zero-order valence-corrected chi connectivity index (χ0v) is 7.32. The van der Waals surface area contributed by atoms with E-state index in [0.717, 1.165) is 0 Å². The lowest BCUT2D eigenvalue weighted by Crippen LogP contribution is -1.85. The Kier molecular flexibility index (Phi) is 2.73. The molecule has 0 aliphatic rings. The van der Waals surface area contributed by atoms with E-state index in [2.05, 4.69) is 9.67 Å². The van der Waals surface area contributed by atoms with Crippen LogP contribution in [0.5, 0.6) is 11.5 Å². The number of hydrogen-bond donors (Lipinski definition) is 4. The minimum Gasteiger partial charge on any atom is -0.506 e. The van der Waals surface area contributed by atoms with Crippen LogP contribution in [0.1, 0.15) is 0 Å². The van der Waals surface area contributed by atoms with E-state index in [9.17, 15) is 10.2 Å². The average molecular weight is 209 g/mol. The van der Waals surface area contributed by atoms with Gasteiger partial charge in [-0.05, 0) is 0 Å². The molecular weight excluding hydrogens is 203 g/mol. The summed E-state index contributed by atoms with van der Waals surface area (Å²) in [6.45, 7) is 0. The number of hydrogen-bond acceptors (Lipinski definition) is 4. The van der Waals surface area contributed by atoms with Gasteiger partial charge in [0.05, 0.1) is 11.4 Å². The van der Waals surface area contributed by atoms with Crippen LogP contribution in [0.25, 0.3) is 0 Å². The number of halogens is 2. The van der Waals surface area contributed by atoms with E-state index in [-0.39, 0.29) is 22.9 Å². The van der Waals surface area contributed by atoms with Crippen LogP contribution in [0.3, 0.4) is 0 Å². The first kappa shape index (κ1) is 9.09. The summed E-state index contributed by atoms with van der Waals surface area (Å²) in [6, 6.07) is 2.49. The number of rotatable bonds is 2. The molecule has 1 aromatic carbocycles. The fraction of sp³-hybridized carbons (Fsp3) is 0. The summed E-state index contributed by atoms with van der Waals surface area (Å²) in [5.41, 5.74) is 0.426. The van der Waals surface area contributed by atoms with Crippen molar-refractivity contribution in [2.75, 3.05) is 9.67 Å². The van der Waals surface area contributed by atoms with Gasteiger partial charge in [0.15, 0.2) is 0 Å². The van der Waals surface area contributed by atoms with Gasteiger partial charge in [-0.1, -0.05) is 0 Å². The Bertz CT molecular complexity index is 263. The van der Waals surface area contributed by atoms with Crippen LogP contribution in [-0.4, -0.2) is 10.2 Å². The maximum Gasteiger partial charge on any atom is 0.142 e. The van der Waals surface area contributed by atoms with Crippen LogP contribution in [0.2, 0.25) is 0 Å². The highest BCUT2D eigenvalue weighted by Gasteiger charge is 2.06. The van der Waals surface area contributed by atoms with Gasteiger partial charge >= 0.3 is 0 Å². The van der Waals surface area contributed by atoms with Gasteiger partial charge in [0, 0.05) is 35.7 Å². The quantitative estimate of drug-likeness (QED) is 0.342. The Labute approximate surface area is 78.9 Å². The third-order valence-electron chi connectivity index (χ3n) is 1.32. The topological polar surface area (TPSA) is 64.5 Å². The first-order valence-electron chi connectivity index (χ1n) is 2.98. The molecule has 0 bridgehead atoms. The van der Waals surface area contributed by atoms with E-state index >= 15 is 0 Å². The van der Waals surface area contributed by atoms with Gasteiger partial charge in [-0.3, -0.25) is 9.67 Å². The second-order valence-electron chi connectivity index (χ2n) is 2.08. The van der Waals surface area contributed by atoms with E-state index in [1.165, 1.54) is 12.1 Å². The number of phenolic OH excluding ortho intramolecular Hbond substituents is 2. The second-order valence-corrected chi connectivity index (χ2v) is 2.45. The largest absolute Gasteiger partial charge is 0.506 e. The smallest absolute Gasteiger partial charge is 0.142 e. The third kappa shape index (κ3) is 1.60. The average Bonchev–Trinajstić information content (AvgIpc) is 2.08. The SMILES string of the molecule is Oc1cc(NCl)c(O)cc1NCl. The van der Waals surface area contributed by atoms with E-state index in [4.69, 9.17) is 23.6 Å². The molecule has 0 unspecified atom stereocenters. The van der Waals surface area contributed by atoms with E-state index in [0.29, 0.717) is 0 Å². The fourth-order valence-electron chi connectivity index (χ4n) is 0.728. The van der Waals surface area contributed by atoms with Gasteiger partial charge < -0.3 is 10.2 Å². The molecule has 0 atom stereocenters. The summed E-state index contributed by atoms with van der Waals surface area (Å²) in [6.07, 6.45) is 0. The van der Waals surface area contributed by atoms with Crippen molar-refractivity contribution in [3.63, 3.8) is 0 Å². The maximum absolute atomic E-state index is 9.19. The van der Waals surface area contributed by atoms with Gasteiger partial charge in [-0.2, -0.15) is 0 Å². The Morgan fingerprint density at radius 3 is 1.50 bits per heavy atom. The highest BCUT2D eigenvalue weighted by molar-refractivity contribution is 6.25. The molecule has 0 aliphatic heterocycles. The van der Waals surface area contributed by atoms with Crippen molar-refractivity contribution in [1.29, 1.82) is 0 Å². The number of aromatic hydroxyl groups is 2. The third-order valence-corrected chi connectivity index (χ3v) is 1.72. The molecule has 4 N–H and O–H groups in total. The number of anilines is 2. The molecule has 0 saturated heterocycles. The predicted molar refractivity (Wildman–Crippen MR) is 48.7 cm³/mol. The Balaban J connectivity index is 3.16. The van der Waals surface area contributed by atoms with Gasteiger partial charge in [-0.15, -0.1) is 0 Å². The first-order valence-corrected chi connectivity index (χ1v) is 3.74. The second kappa shape index (κ2) is 3.60. The molecule has 12 heavy (non-hydrogen) atoms. The van der Waals surface area contributed by atoms with E-state index in [1.807, 2.05) is 0 Å². The molecule has 66 valence electrons. The summed E-state index contributed by atoms with van der Waals surface area (Å²) in [5.74, 6) is -0.211. The summed E-state index contributed by atoms with van der Waals surface area (Å²) in [5, 5.41) is 18.4. The van der Waals surface area contributed by atoms with Gasteiger partial charge in [0.25, 0.3) is 0 Å². The van der Waals surface area contributed by atoms with Crippen molar-refractivity contribution in [3.05, 3.63) is 12.1 Å². The molecule has 0 fully saturated rings. The lowest BCUT2D eigenvalue weighted by atomic mass is 10.2. The molecule has 1 aromatic rings. The molecule has 0 heterocycles. The normalized spacial score (nSPS) is 9.50. The minimum atomic E-state index is -0.106. The monoisotopic (exact) mass is 208 g/mol. The van der Waals surface area contributed by atoms with Crippen LogP contribution >= 0.6 is 23.6 Å². The molecule has 6 heteroatoms. The minimum absolute atomic E-state index is 0.106. The Morgan fingerprint density at radius 1 is 0.917 bits per heavy atom. The summed E-state index contributed by atoms with van der Waals surface area (Å²) in [7, 11) is 0. The highest BCUT2D eigenvalue weighted by Crippen LogP contribution is 2.35. The molecule has 4 nitrogen and oxygen atoms in total. The van der Waals surface area contributed by atoms with Gasteiger partial charge in [-0.25, -0.2) is 0 Å². The number of nitrogens with one attached hydrogen (secondary N) is 2. The molecule has 0 aromatic heterocycles. The lowest BCUT2D eigenvalue weighted by Gasteiger charge is -2.06. The Hall–Kier alpha value is -1.00. The molecular formula is C6H6Cl2N2O2. The van der Waals surface area contributed by atoms with Crippen LogP contribution in [0.4, 0.5) is 11.4 Å².